The molecular weight excluding hydrogens is 464 g/mol. The largest absolute Gasteiger partial charge is 0.497 e. The highest BCUT2D eigenvalue weighted by atomic mass is 16.7. The van der Waals surface area contributed by atoms with Gasteiger partial charge in [0.2, 0.25) is 0 Å². The molecular formula is C27H24N2O7. The Morgan fingerprint density at radius 3 is 2.31 bits per heavy atom. The number of Topliss-reactive ketones (excluding diaryl/α,β-unsaturated/α-hetero) is 1. The maximum Gasteiger partial charge on any atom is 0.277 e. The molecule has 0 aliphatic carbocycles. The Morgan fingerprint density at radius 1 is 0.889 bits per heavy atom. The number of methoxy groups -OCH3 is 4. The average molecular weight is 488 g/mol. The van der Waals surface area contributed by atoms with Crippen molar-refractivity contribution in [2.45, 2.75) is 5.60 Å². The van der Waals surface area contributed by atoms with Crippen molar-refractivity contribution in [1.29, 1.82) is 0 Å². The first kappa shape index (κ1) is 23.2. The molecule has 36 heavy (non-hydrogen) atoms. The smallest absolute Gasteiger partial charge is 0.277 e. The van der Waals surface area contributed by atoms with Crippen molar-refractivity contribution in [1.82, 2.24) is 0 Å². The number of nitrogens with zero attached hydrogens (tertiary/aromatic N) is 1. The monoisotopic (exact) mass is 488 g/mol. The van der Waals surface area contributed by atoms with Crippen LogP contribution in [-0.4, -0.2) is 45.8 Å². The Bertz CT molecular complexity index is 1400. The molecule has 2 aliphatic rings. The molecule has 0 saturated carbocycles. The summed E-state index contributed by atoms with van der Waals surface area (Å²) in [5.74, 6) is -0.277. The second-order valence-electron chi connectivity index (χ2n) is 8.23. The minimum atomic E-state index is -1.72. The first-order chi connectivity index (χ1) is 17.5. The van der Waals surface area contributed by atoms with Crippen LogP contribution < -0.4 is 24.3 Å². The Labute approximate surface area is 207 Å². The lowest BCUT2D eigenvalue weighted by Crippen LogP contribution is -2.46. The van der Waals surface area contributed by atoms with Crippen molar-refractivity contribution in [2.75, 3.05) is 33.8 Å². The van der Waals surface area contributed by atoms with Gasteiger partial charge < -0.3 is 29.1 Å². The highest BCUT2D eigenvalue weighted by Crippen LogP contribution is 2.51. The molecule has 3 aromatic carbocycles. The number of amides is 1. The van der Waals surface area contributed by atoms with E-state index < -0.39 is 23.2 Å². The minimum absolute atomic E-state index is 0.237. The van der Waals surface area contributed by atoms with E-state index in [0.717, 1.165) is 0 Å². The summed E-state index contributed by atoms with van der Waals surface area (Å²) in [7, 11) is 6.03. The van der Waals surface area contributed by atoms with Crippen LogP contribution in [0, 0.1) is 5.92 Å². The Kier molecular flexibility index (Phi) is 5.75. The van der Waals surface area contributed by atoms with Crippen molar-refractivity contribution in [2.24, 2.45) is 11.1 Å². The number of ketones is 1. The number of carbonyl (C=O) groups is 2. The van der Waals surface area contributed by atoms with Crippen LogP contribution in [0.2, 0.25) is 0 Å². The van der Waals surface area contributed by atoms with Gasteiger partial charge in [0.1, 0.15) is 34.6 Å². The quantitative estimate of drug-likeness (QED) is 0.505. The van der Waals surface area contributed by atoms with E-state index in [9.17, 15) is 9.59 Å². The van der Waals surface area contributed by atoms with E-state index in [2.05, 4.69) is 10.5 Å². The zero-order chi connectivity index (χ0) is 25.4. The second kappa shape index (κ2) is 8.92. The Hall–Kier alpha value is -4.53. The molecule has 1 spiro atoms. The minimum Gasteiger partial charge on any atom is -0.497 e. The molecule has 3 aromatic rings. The number of anilines is 1. The molecule has 0 saturated heterocycles. The normalized spacial score (nSPS) is 19.7. The number of benzene rings is 3. The number of oxime groups is 1. The molecule has 2 aliphatic heterocycles. The van der Waals surface area contributed by atoms with Crippen molar-refractivity contribution < 1.29 is 33.4 Å². The molecule has 0 unspecified atom stereocenters. The molecule has 9 nitrogen and oxygen atoms in total. The third-order valence-electron chi connectivity index (χ3n) is 6.50. The van der Waals surface area contributed by atoms with Crippen LogP contribution in [0.3, 0.4) is 0 Å². The maximum absolute atomic E-state index is 14.3. The zero-order valence-electron chi connectivity index (χ0n) is 20.2. The molecule has 2 heterocycles. The fraction of sp³-hybridized carbons (Fsp3) is 0.222. The highest BCUT2D eigenvalue weighted by molar-refractivity contribution is 6.26. The van der Waals surface area contributed by atoms with E-state index in [1.165, 1.54) is 28.4 Å². The lowest BCUT2D eigenvalue weighted by molar-refractivity contribution is -0.140. The van der Waals surface area contributed by atoms with Gasteiger partial charge in [-0.1, -0.05) is 23.4 Å². The summed E-state index contributed by atoms with van der Waals surface area (Å²) in [5.41, 5.74) is 0.303. The van der Waals surface area contributed by atoms with E-state index in [4.69, 9.17) is 23.8 Å². The summed E-state index contributed by atoms with van der Waals surface area (Å²) in [6, 6.07) is 17.1. The summed E-state index contributed by atoms with van der Waals surface area (Å²) in [5, 5.41) is 7.17. The first-order valence-corrected chi connectivity index (χ1v) is 11.1. The summed E-state index contributed by atoms with van der Waals surface area (Å²) in [6.45, 7) is 0. The van der Waals surface area contributed by atoms with Crippen LogP contribution >= 0.6 is 0 Å². The number of carbonyl (C=O) groups excluding carboxylic acids is 2. The molecule has 5 rings (SSSR count). The number of hydrogen-bond donors (Lipinski definition) is 1. The topological polar surface area (TPSA) is 105 Å². The first-order valence-electron chi connectivity index (χ1n) is 11.1. The van der Waals surface area contributed by atoms with Gasteiger partial charge in [0.05, 0.1) is 34.0 Å². The predicted octanol–water partition coefficient (Wildman–Crippen LogP) is 3.80. The molecule has 1 amide bonds. The summed E-state index contributed by atoms with van der Waals surface area (Å²) in [6.07, 6.45) is 0. The van der Waals surface area contributed by atoms with Crippen LogP contribution in [0.1, 0.15) is 21.5 Å². The molecule has 0 bridgehead atoms. The van der Waals surface area contributed by atoms with Gasteiger partial charge in [0, 0.05) is 22.9 Å². The number of hydrogen-bond acceptors (Lipinski definition) is 8. The molecule has 0 aromatic heterocycles. The van der Waals surface area contributed by atoms with Gasteiger partial charge in [-0.25, -0.2) is 0 Å². The van der Waals surface area contributed by atoms with Crippen molar-refractivity contribution >= 4 is 23.1 Å². The van der Waals surface area contributed by atoms with Crippen LogP contribution in [-0.2, 0) is 15.2 Å². The molecule has 9 heteroatoms. The number of fused-ring (bicyclic) bond motifs is 2. The van der Waals surface area contributed by atoms with E-state index in [0.29, 0.717) is 39.8 Å². The summed E-state index contributed by atoms with van der Waals surface area (Å²) in [4.78, 5) is 33.8. The van der Waals surface area contributed by atoms with E-state index in [-0.39, 0.29) is 11.3 Å². The molecule has 0 radical (unpaired) electrons. The fourth-order valence-electron chi connectivity index (χ4n) is 4.74. The van der Waals surface area contributed by atoms with E-state index in [1.54, 1.807) is 60.7 Å². The van der Waals surface area contributed by atoms with Crippen molar-refractivity contribution in [3.63, 3.8) is 0 Å². The molecule has 0 fully saturated rings. The van der Waals surface area contributed by atoms with Gasteiger partial charge in [-0.2, -0.15) is 0 Å². The lowest BCUT2D eigenvalue weighted by atomic mass is 9.74. The number of nitrogens with one attached hydrogen (secondary N) is 1. The summed E-state index contributed by atoms with van der Waals surface area (Å²) >= 11 is 0. The standard InChI is InChI=1S/C27H24N2O7/c1-32-15-10-12-21(34-3)18(13-15)24-23(25(30)17-11-9-16(33-2)14-22(17)35-4)27(36-29-24)19-7-5-6-8-20(19)28-26(27)31/h5-14,23H,1-4H3,(H,28,31)/t23-,27+/m0/s1. The fourth-order valence-corrected chi connectivity index (χ4v) is 4.74. The SMILES string of the molecule is COc1ccc(C(=O)[C@@H]2C(c3cc(OC)ccc3OC)=NO[C@@]23C(=O)Nc2ccccc23)c(OC)c1. The van der Waals surface area contributed by atoms with Crippen molar-refractivity contribution in [3.8, 4) is 23.0 Å². The lowest BCUT2D eigenvalue weighted by Gasteiger charge is -2.27. The van der Waals surface area contributed by atoms with Gasteiger partial charge in [-0.15, -0.1) is 0 Å². The zero-order valence-corrected chi connectivity index (χ0v) is 20.2. The third kappa shape index (κ3) is 3.35. The highest BCUT2D eigenvalue weighted by Gasteiger charge is 2.63. The number of rotatable bonds is 7. The number of ether oxygens (including phenoxy) is 4. The van der Waals surface area contributed by atoms with Gasteiger partial charge >= 0.3 is 0 Å². The predicted molar refractivity (Wildman–Crippen MR) is 131 cm³/mol. The second-order valence-corrected chi connectivity index (χ2v) is 8.23. The Balaban J connectivity index is 1.74. The van der Waals surface area contributed by atoms with Crippen LogP contribution in [0.15, 0.2) is 65.8 Å². The molecule has 184 valence electrons. The number of para-hydroxylation sites is 1. The van der Waals surface area contributed by atoms with E-state index in [1.807, 2.05) is 0 Å². The van der Waals surface area contributed by atoms with Crippen LogP contribution in [0.4, 0.5) is 5.69 Å². The van der Waals surface area contributed by atoms with E-state index >= 15 is 0 Å². The Morgan fingerprint density at radius 2 is 1.58 bits per heavy atom. The third-order valence-corrected chi connectivity index (χ3v) is 6.50. The van der Waals surface area contributed by atoms with Crippen molar-refractivity contribution in [3.05, 3.63) is 77.4 Å². The van der Waals surface area contributed by atoms with Crippen LogP contribution in [0.5, 0.6) is 23.0 Å². The van der Waals surface area contributed by atoms with Gasteiger partial charge in [-0.3, -0.25) is 9.59 Å². The maximum atomic E-state index is 14.3. The molecule has 2 atom stereocenters. The van der Waals surface area contributed by atoms with Gasteiger partial charge in [-0.05, 0) is 36.4 Å². The summed E-state index contributed by atoms with van der Waals surface area (Å²) < 4.78 is 21.8. The van der Waals surface area contributed by atoms with Gasteiger partial charge in [0.25, 0.3) is 11.5 Å². The average Bonchev–Trinajstić information content (AvgIpc) is 3.46. The van der Waals surface area contributed by atoms with Crippen LogP contribution in [0.25, 0.3) is 0 Å². The molecule has 1 N–H and O–H groups in total. The van der Waals surface area contributed by atoms with Gasteiger partial charge in [0.15, 0.2) is 5.78 Å².